The van der Waals surface area contributed by atoms with Crippen LogP contribution in [0, 0.1) is 5.92 Å². The van der Waals surface area contributed by atoms with Gasteiger partial charge in [0.05, 0.1) is 13.2 Å². The molecule has 0 saturated carbocycles. The van der Waals surface area contributed by atoms with E-state index in [0.29, 0.717) is 5.92 Å². The first-order valence-corrected chi connectivity index (χ1v) is 7.58. The molecule has 1 aromatic rings. The molecule has 0 amide bonds. The van der Waals surface area contributed by atoms with Gasteiger partial charge in [0, 0.05) is 6.61 Å². The fraction of sp³-hybridized carbons (Fsp3) is 0.647. The molecule has 1 aliphatic carbocycles. The largest absolute Gasteiger partial charge is 0.497 e. The van der Waals surface area contributed by atoms with Crippen molar-refractivity contribution in [3.63, 3.8) is 0 Å². The van der Waals surface area contributed by atoms with Crippen LogP contribution in [0.5, 0.6) is 5.75 Å². The number of ether oxygens (including phenoxy) is 2. The summed E-state index contributed by atoms with van der Waals surface area (Å²) in [5.74, 6) is 1.57. The lowest BCUT2D eigenvalue weighted by atomic mass is 9.87. The Morgan fingerprint density at radius 1 is 1.35 bits per heavy atom. The van der Waals surface area contributed by atoms with E-state index in [2.05, 4.69) is 13.8 Å². The van der Waals surface area contributed by atoms with Crippen LogP contribution in [-0.4, -0.2) is 24.9 Å². The molecule has 0 spiro atoms. The smallest absolute Gasteiger partial charge is 0.119 e. The zero-order chi connectivity index (χ0) is 14.5. The number of benzene rings is 1. The molecule has 0 bridgehead atoms. The Balaban J connectivity index is 1.92. The highest BCUT2D eigenvalue weighted by atomic mass is 16.5. The van der Waals surface area contributed by atoms with E-state index in [9.17, 15) is 5.11 Å². The van der Waals surface area contributed by atoms with Crippen LogP contribution < -0.4 is 4.74 Å². The summed E-state index contributed by atoms with van der Waals surface area (Å²) in [6.07, 6.45) is 3.49. The summed E-state index contributed by atoms with van der Waals surface area (Å²) in [4.78, 5) is 0. The molecule has 0 aliphatic heterocycles. The first kappa shape index (κ1) is 15.3. The topological polar surface area (TPSA) is 38.7 Å². The summed E-state index contributed by atoms with van der Waals surface area (Å²) < 4.78 is 11.1. The Labute approximate surface area is 121 Å². The van der Waals surface area contributed by atoms with Gasteiger partial charge in [-0.2, -0.15) is 0 Å². The van der Waals surface area contributed by atoms with Crippen molar-refractivity contribution in [2.24, 2.45) is 5.92 Å². The van der Waals surface area contributed by atoms with Crippen LogP contribution >= 0.6 is 0 Å². The number of hydrogen-bond donors (Lipinski definition) is 1. The van der Waals surface area contributed by atoms with Crippen molar-refractivity contribution in [2.45, 2.75) is 51.7 Å². The van der Waals surface area contributed by atoms with Crippen molar-refractivity contribution in [2.75, 3.05) is 13.7 Å². The van der Waals surface area contributed by atoms with Gasteiger partial charge in [-0.25, -0.2) is 0 Å². The van der Waals surface area contributed by atoms with Gasteiger partial charge in [-0.1, -0.05) is 19.9 Å². The van der Waals surface area contributed by atoms with E-state index in [-0.39, 0.29) is 6.10 Å². The van der Waals surface area contributed by atoms with Gasteiger partial charge in [-0.15, -0.1) is 0 Å². The number of aliphatic hydroxyl groups excluding tert-OH is 1. The molecule has 112 valence electrons. The fourth-order valence-electron chi connectivity index (χ4n) is 2.77. The minimum Gasteiger partial charge on any atom is -0.497 e. The van der Waals surface area contributed by atoms with E-state index in [1.807, 2.05) is 18.2 Å². The zero-order valence-corrected chi connectivity index (χ0v) is 12.8. The highest BCUT2D eigenvalue weighted by Gasteiger charge is 2.28. The van der Waals surface area contributed by atoms with Crippen molar-refractivity contribution in [3.05, 3.63) is 29.3 Å². The van der Waals surface area contributed by atoms with E-state index >= 15 is 0 Å². The third kappa shape index (κ3) is 3.74. The molecule has 20 heavy (non-hydrogen) atoms. The summed E-state index contributed by atoms with van der Waals surface area (Å²) >= 11 is 0. The fourth-order valence-corrected chi connectivity index (χ4v) is 2.77. The highest BCUT2D eigenvalue weighted by molar-refractivity contribution is 5.39. The number of aryl methyl sites for hydroxylation is 1. The lowest BCUT2D eigenvalue weighted by Gasteiger charge is -2.30. The van der Waals surface area contributed by atoms with Gasteiger partial charge in [0.2, 0.25) is 0 Å². The van der Waals surface area contributed by atoms with E-state index < -0.39 is 6.10 Å². The van der Waals surface area contributed by atoms with Gasteiger partial charge in [0.25, 0.3) is 0 Å². The Morgan fingerprint density at radius 3 is 2.85 bits per heavy atom. The highest BCUT2D eigenvalue weighted by Crippen LogP contribution is 2.34. The van der Waals surface area contributed by atoms with Crippen LogP contribution in [0.15, 0.2) is 18.2 Å². The van der Waals surface area contributed by atoms with Crippen LogP contribution in [0.1, 0.15) is 50.3 Å². The predicted molar refractivity (Wildman–Crippen MR) is 80.1 cm³/mol. The van der Waals surface area contributed by atoms with Crippen molar-refractivity contribution in [1.29, 1.82) is 0 Å². The SMILES string of the molecule is COc1ccc2c(c1)CCC(OCCCC(C)C)C2O. The molecule has 2 atom stereocenters. The molecule has 0 heterocycles. The molecule has 0 radical (unpaired) electrons. The molecule has 2 unspecified atom stereocenters. The van der Waals surface area contributed by atoms with Crippen molar-refractivity contribution >= 4 is 0 Å². The van der Waals surface area contributed by atoms with Crippen molar-refractivity contribution < 1.29 is 14.6 Å². The molecule has 0 fully saturated rings. The van der Waals surface area contributed by atoms with Crippen LogP contribution in [0.2, 0.25) is 0 Å². The normalized spacial score (nSPS) is 21.9. The minimum absolute atomic E-state index is 0.0666. The Hall–Kier alpha value is -1.06. The summed E-state index contributed by atoms with van der Waals surface area (Å²) in [7, 11) is 1.67. The summed E-state index contributed by atoms with van der Waals surface area (Å²) in [5, 5.41) is 10.4. The van der Waals surface area contributed by atoms with E-state index in [1.54, 1.807) is 7.11 Å². The Kier molecular flexibility index (Phi) is 5.44. The maximum Gasteiger partial charge on any atom is 0.119 e. The molecular formula is C17H26O3. The minimum atomic E-state index is -0.510. The number of methoxy groups -OCH3 is 1. The number of rotatable bonds is 6. The monoisotopic (exact) mass is 278 g/mol. The number of fused-ring (bicyclic) bond motifs is 1. The van der Waals surface area contributed by atoms with Gasteiger partial charge in [-0.3, -0.25) is 0 Å². The standard InChI is InChI=1S/C17H26O3/c1-12(2)5-4-10-20-16-9-6-13-11-14(19-3)7-8-15(13)17(16)18/h7-8,11-12,16-18H,4-6,9-10H2,1-3H3. The third-order valence-electron chi connectivity index (χ3n) is 3.98. The second-order valence-electron chi connectivity index (χ2n) is 5.99. The zero-order valence-electron chi connectivity index (χ0n) is 12.8. The van der Waals surface area contributed by atoms with Crippen LogP contribution in [-0.2, 0) is 11.2 Å². The molecule has 2 rings (SSSR count). The second-order valence-corrected chi connectivity index (χ2v) is 5.99. The first-order valence-electron chi connectivity index (χ1n) is 7.58. The maximum absolute atomic E-state index is 10.4. The Morgan fingerprint density at radius 2 is 2.15 bits per heavy atom. The molecular weight excluding hydrogens is 252 g/mol. The summed E-state index contributed by atoms with van der Waals surface area (Å²) in [6, 6.07) is 5.89. The quantitative estimate of drug-likeness (QED) is 0.809. The predicted octanol–water partition coefficient (Wildman–Crippen LogP) is 3.50. The molecule has 1 aliphatic rings. The van der Waals surface area contributed by atoms with Gasteiger partial charge >= 0.3 is 0 Å². The van der Waals surface area contributed by atoms with Crippen LogP contribution in [0.3, 0.4) is 0 Å². The molecule has 3 heteroatoms. The maximum atomic E-state index is 10.4. The summed E-state index contributed by atoms with van der Waals surface area (Å²) in [5.41, 5.74) is 2.17. The third-order valence-corrected chi connectivity index (χ3v) is 3.98. The van der Waals surface area contributed by atoms with Gasteiger partial charge < -0.3 is 14.6 Å². The molecule has 3 nitrogen and oxygen atoms in total. The first-order chi connectivity index (χ1) is 9.61. The van der Waals surface area contributed by atoms with E-state index in [1.165, 1.54) is 12.0 Å². The molecule has 0 aromatic heterocycles. The van der Waals surface area contributed by atoms with Gasteiger partial charge in [0.1, 0.15) is 11.9 Å². The molecule has 1 N–H and O–H groups in total. The average molecular weight is 278 g/mol. The number of hydrogen-bond acceptors (Lipinski definition) is 3. The van der Waals surface area contributed by atoms with Gasteiger partial charge in [-0.05, 0) is 54.9 Å². The lowest BCUT2D eigenvalue weighted by molar-refractivity contribution is -0.0498. The van der Waals surface area contributed by atoms with E-state index in [4.69, 9.17) is 9.47 Å². The van der Waals surface area contributed by atoms with Gasteiger partial charge in [0.15, 0.2) is 0 Å². The summed E-state index contributed by atoms with van der Waals surface area (Å²) in [6.45, 7) is 5.18. The Bertz CT molecular complexity index is 428. The van der Waals surface area contributed by atoms with Crippen LogP contribution in [0.25, 0.3) is 0 Å². The van der Waals surface area contributed by atoms with Crippen molar-refractivity contribution in [3.8, 4) is 5.75 Å². The van der Waals surface area contributed by atoms with E-state index in [0.717, 1.165) is 37.2 Å². The molecule has 0 saturated heterocycles. The van der Waals surface area contributed by atoms with Crippen LogP contribution in [0.4, 0.5) is 0 Å². The van der Waals surface area contributed by atoms with Crippen molar-refractivity contribution in [1.82, 2.24) is 0 Å². The lowest BCUT2D eigenvalue weighted by Crippen LogP contribution is -2.28. The average Bonchev–Trinajstić information content (AvgIpc) is 2.45. The second kappa shape index (κ2) is 7.09. The number of aliphatic hydroxyl groups is 1. The molecule has 1 aromatic carbocycles.